The van der Waals surface area contributed by atoms with Crippen molar-refractivity contribution in [1.29, 1.82) is 5.41 Å². The highest BCUT2D eigenvalue weighted by atomic mass is 32.2. The third-order valence-electron chi connectivity index (χ3n) is 4.65. The highest BCUT2D eigenvalue weighted by Crippen LogP contribution is 2.36. The van der Waals surface area contributed by atoms with Crippen molar-refractivity contribution in [3.05, 3.63) is 82.4 Å². The average molecular weight is 363 g/mol. The Morgan fingerprint density at radius 1 is 1.04 bits per heavy atom. The molecule has 0 aromatic heterocycles. The zero-order valence-electron chi connectivity index (χ0n) is 14.1. The lowest BCUT2D eigenvalue weighted by Gasteiger charge is -2.28. The van der Waals surface area contributed by atoms with Crippen LogP contribution in [-0.4, -0.2) is 19.8 Å². The lowest BCUT2D eigenvalue weighted by Crippen LogP contribution is -2.35. The average Bonchev–Trinajstić information content (AvgIpc) is 2.62. The van der Waals surface area contributed by atoms with Gasteiger partial charge in [0.25, 0.3) is 0 Å². The number of nitrogens with one attached hydrogen (secondary N) is 1. The van der Waals surface area contributed by atoms with Gasteiger partial charge in [0.05, 0.1) is 32.8 Å². The van der Waals surface area contributed by atoms with Crippen LogP contribution in [0.2, 0.25) is 0 Å². The van der Waals surface area contributed by atoms with Gasteiger partial charge in [-0.05, 0) is 37.3 Å². The van der Waals surface area contributed by atoms with Crippen molar-refractivity contribution >= 4 is 26.9 Å². The first kappa shape index (κ1) is 16.5. The number of sulfone groups is 1. The summed E-state index contributed by atoms with van der Waals surface area (Å²) in [6.07, 6.45) is 3.13. The molecule has 26 heavy (non-hydrogen) atoms. The Morgan fingerprint density at radius 3 is 2.46 bits per heavy atom. The predicted molar refractivity (Wildman–Crippen MR) is 103 cm³/mol. The normalized spacial score (nSPS) is 19.0. The van der Waals surface area contributed by atoms with Crippen molar-refractivity contribution in [2.45, 2.75) is 11.8 Å². The third kappa shape index (κ3) is 2.42. The summed E-state index contributed by atoms with van der Waals surface area (Å²) >= 11 is 0. The van der Waals surface area contributed by atoms with Crippen LogP contribution >= 0.6 is 0 Å². The zero-order valence-corrected chi connectivity index (χ0v) is 14.9. The quantitative estimate of drug-likeness (QED) is 0.857. The van der Waals surface area contributed by atoms with Crippen LogP contribution in [0, 0.1) is 18.3 Å². The molecule has 0 saturated carbocycles. The Bertz CT molecular complexity index is 1120. The highest BCUT2D eigenvalue weighted by molar-refractivity contribution is 7.95. The van der Waals surface area contributed by atoms with E-state index in [1.54, 1.807) is 36.4 Å². The number of nitrogens with two attached hydrogens (primary N) is 1. The van der Waals surface area contributed by atoms with E-state index in [0.717, 1.165) is 5.56 Å². The van der Waals surface area contributed by atoms with E-state index < -0.39 is 15.8 Å². The molecule has 0 spiro atoms. The molecule has 2 aromatic carbocycles. The molecule has 0 radical (unpaired) electrons. The van der Waals surface area contributed by atoms with E-state index in [-0.39, 0.29) is 21.2 Å². The first-order chi connectivity index (χ1) is 12.4. The van der Waals surface area contributed by atoms with Gasteiger partial charge >= 0.3 is 0 Å². The summed E-state index contributed by atoms with van der Waals surface area (Å²) in [5.74, 6) is -0.648. The van der Waals surface area contributed by atoms with E-state index in [9.17, 15) is 8.42 Å². The maximum absolute atomic E-state index is 13.0. The minimum absolute atomic E-state index is 0.0365. The molecule has 0 bridgehead atoms. The third-order valence-corrected chi connectivity index (χ3v) is 6.49. The van der Waals surface area contributed by atoms with Crippen LogP contribution < -0.4 is 5.73 Å². The molecule has 1 unspecified atom stereocenters. The highest BCUT2D eigenvalue weighted by Gasteiger charge is 2.36. The van der Waals surface area contributed by atoms with Crippen molar-refractivity contribution in [2.24, 2.45) is 16.6 Å². The molecular weight excluding hydrogens is 346 g/mol. The molecule has 4 rings (SSSR count). The predicted octanol–water partition coefficient (Wildman–Crippen LogP) is 3.28. The fourth-order valence-electron chi connectivity index (χ4n) is 3.24. The van der Waals surface area contributed by atoms with Gasteiger partial charge in [0.15, 0.2) is 0 Å². The van der Waals surface area contributed by atoms with E-state index in [4.69, 9.17) is 11.1 Å². The number of allylic oxidation sites excluding steroid dienone is 3. The standard InChI is InChI=1S/C20H17N3O2S/c1-12-6-8-13(9-7-12)26(24,25)17-11-10-16-18(20(17)22)19(21)14-4-2-3-5-15(14)23-16/h2-11,18,21H,22H2,1H3. The number of rotatable bonds is 2. The molecular formula is C20H17N3O2S. The maximum atomic E-state index is 13.0. The molecule has 5 nitrogen and oxygen atoms in total. The topological polar surface area (TPSA) is 96.4 Å². The maximum Gasteiger partial charge on any atom is 0.208 e. The van der Waals surface area contributed by atoms with Crippen LogP contribution in [0.3, 0.4) is 0 Å². The van der Waals surface area contributed by atoms with Crippen LogP contribution in [0.4, 0.5) is 5.69 Å². The van der Waals surface area contributed by atoms with Crippen molar-refractivity contribution in [1.82, 2.24) is 0 Å². The second-order valence-electron chi connectivity index (χ2n) is 6.37. The van der Waals surface area contributed by atoms with E-state index >= 15 is 0 Å². The van der Waals surface area contributed by atoms with E-state index in [2.05, 4.69) is 4.99 Å². The Balaban J connectivity index is 1.84. The van der Waals surface area contributed by atoms with Crippen LogP contribution in [0.5, 0.6) is 0 Å². The molecule has 1 aliphatic heterocycles. The Labute approximate surface area is 152 Å². The van der Waals surface area contributed by atoms with Crippen molar-refractivity contribution in [3.63, 3.8) is 0 Å². The summed E-state index contributed by atoms with van der Waals surface area (Å²) in [6, 6.07) is 14.0. The number of aliphatic imine (C=N–C) groups is 1. The van der Waals surface area contributed by atoms with Gasteiger partial charge in [-0.1, -0.05) is 35.9 Å². The summed E-state index contributed by atoms with van der Waals surface area (Å²) in [5, 5.41) is 8.53. The van der Waals surface area contributed by atoms with Gasteiger partial charge in [-0.25, -0.2) is 8.42 Å². The summed E-state index contributed by atoms with van der Waals surface area (Å²) in [5.41, 5.74) is 9.62. The van der Waals surface area contributed by atoms with Crippen LogP contribution in [0.1, 0.15) is 11.1 Å². The van der Waals surface area contributed by atoms with Crippen molar-refractivity contribution in [2.75, 3.05) is 0 Å². The number of hydrogen-bond donors (Lipinski definition) is 2. The number of para-hydroxylation sites is 1. The van der Waals surface area contributed by atoms with Gasteiger partial charge in [0, 0.05) is 11.3 Å². The Hall–Kier alpha value is -2.99. The van der Waals surface area contributed by atoms with Gasteiger partial charge in [-0.2, -0.15) is 0 Å². The zero-order chi connectivity index (χ0) is 18.5. The smallest absolute Gasteiger partial charge is 0.208 e. The first-order valence-corrected chi connectivity index (χ1v) is 9.64. The lowest BCUT2D eigenvalue weighted by molar-refractivity contribution is 0.602. The fraction of sp³-hybridized carbons (Fsp3) is 0.100. The van der Waals surface area contributed by atoms with Crippen molar-refractivity contribution in [3.8, 4) is 0 Å². The molecule has 2 aliphatic rings. The molecule has 1 atom stereocenters. The van der Waals surface area contributed by atoms with Crippen LogP contribution in [0.15, 0.2) is 81.2 Å². The summed E-state index contributed by atoms with van der Waals surface area (Å²) in [4.78, 5) is 4.77. The monoisotopic (exact) mass is 363 g/mol. The molecule has 130 valence electrons. The number of hydrogen-bond acceptors (Lipinski definition) is 5. The number of benzene rings is 2. The summed E-state index contributed by atoms with van der Waals surface area (Å²) in [7, 11) is -3.76. The first-order valence-electron chi connectivity index (χ1n) is 8.15. The van der Waals surface area contributed by atoms with Gasteiger partial charge in [0.1, 0.15) is 0 Å². The molecule has 1 aliphatic carbocycles. The van der Waals surface area contributed by atoms with Gasteiger partial charge < -0.3 is 11.1 Å². The molecule has 3 N–H and O–H groups in total. The number of aryl methyl sites for hydroxylation is 1. The fourth-order valence-corrected chi connectivity index (χ4v) is 4.67. The van der Waals surface area contributed by atoms with Gasteiger partial charge in [-0.3, -0.25) is 4.99 Å². The Morgan fingerprint density at radius 2 is 1.73 bits per heavy atom. The van der Waals surface area contributed by atoms with E-state index in [1.807, 2.05) is 25.1 Å². The minimum Gasteiger partial charge on any atom is -0.400 e. The van der Waals surface area contributed by atoms with Crippen LogP contribution in [0.25, 0.3) is 0 Å². The van der Waals surface area contributed by atoms with Gasteiger partial charge in [0.2, 0.25) is 9.84 Å². The summed E-state index contributed by atoms with van der Waals surface area (Å²) < 4.78 is 26.1. The van der Waals surface area contributed by atoms with Crippen molar-refractivity contribution < 1.29 is 8.42 Å². The molecule has 0 amide bonds. The number of nitrogens with zero attached hydrogens (tertiary/aromatic N) is 1. The second kappa shape index (κ2) is 5.78. The minimum atomic E-state index is -3.76. The molecule has 0 saturated heterocycles. The van der Waals surface area contributed by atoms with E-state index in [1.165, 1.54) is 6.08 Å². The van der Waals surface area contributed by atoms with Gasteiger partial charge in [-0.15, -0.1) is 0 Å². The van der Waals surface area contributed by atoms with Crippen LogP contribution in [-0.2, 0) is 9.84 Å². The summed E-state index contributed by atoms with van der Waals surface area (Å²) in [6.45, 7) is 1.90. The largest absolute Gasteiger partial charge is 0.400 e. The second-order valence-corrected chi connectivity index (χ2v) is 8.29. The van der Waals surface area contributed by atoms with E-state index in [0.29, 0.717) is 17.0 Å². The molecule has 6 heteroatoms. The molecule has 1 heterocycles. The SMILES string of the molecule is Cc1ccc(S(=O)(=O)C2=C(N)C3C(=N)c4ccccc4N=C3C=C2)cc1. The molecule has 2 aromatic rings. The Kier molecular flexibility index (Phi) is 3.66. The molecule has 0 fully saturated rings. The lowest BCUT2D eigenvalue weighted by atomic mass is 9.84. The number of fused-ring (bicyclic) bond motifs is 2.